The fourth-order valence-electron chi connectivity index (χ4n) is 4.56. The summed E-state index contributed by atoms with van der Waals surface area (Å²) in [7, 11) is -4.04. The van der Waals surface area contributed by atoms with Crippen molar-refractivity contribution < 1.29 is 27.9 Å². The molecule has 0 radical (unpaired) electrons. The second kappa shape index (κ2) is 9.48. The number of aryl methyl sites for hydroxylation is 3. The number of anilines is 1. The van der Waals surface area contributed by atoms with Crippen molar-refractivity contribution in [2.24, 2.45) is 0 Å². The Morgan fingerprint density at radius 2 is 1.85 bits per heavy atom. The fourth-order valence-corrected chi connectivity index (χ4v) is 6.27. The van der Waals surface area contributed by atoms with Crippen LogP contribution < -0.4 is 4.90 Å². The molecular weight excluding hydrogens is 456 g/mol. The molecule has 0 spiro atoms. The second-order valence-corrected chi connectivity index (χ2v) is 10.9. The maximum Gasteiger partial charge on any atom is 0.325 e. The van der Waals surface area contributed by atoms with E-state index in [1.807, 2.05) is 38.1 Å². The van der Waals surface area contributed by atoms with Gasteiger partial charge in [0.2, 0.25) is 10.0 Å². The zero-order valence-corrected chi connectivity index (χ0v) is 20.4. The average Bonchev–Trinajstić information content (AvgIpc) is 3.22. The lowest BCUT2D eigenvalue weighted by Crippen LogP contribution is -2.46. The van der Waals surface area contributed by atoms with Crippen molar-refractivity contribution in [2.75, 3.05) is 18.0 Å². The van der Waals surface area contributed by atoms with E-state index in [0.29, 0.717) is 6.54 Å². The van der Waals surface area contributed by atoms with Crippen molar-refractivity contribution in [3.63, 3.8) is 0 Å². The number of aliphatic hydroxyl groups excluding tert-OH is 1. The summed E-state index contributed by atoms with van der Waals surface area (Å²) >= 11 is 0. The Bertz CT molecular complexity index is 1210. The van der Waals surface area contributed by atoms with Crippen LogP contribution in [0.4, 0.5) is 5.69 Å². The van der Waals surface area contributed by atoms with E-state index in [4.69, 9.17) is 4.74 Å². The standard InChI is InChI=1S/C25H30N2O6S/c1-16-10-11-21(13-17(16)2)34(31,32)27-15-20(28)14-23(27)25(30)33-18(3)24(29)26-12-6-8-19-7-4-5-9-22(19)26/h4-5,7,9-11,13,18,20,23,28H,6,8,12,14-15H2,1-3H3. The molecule has 2 aromatic rings. The highest BCUT2D eigenvalue weighted by Crippen LogP contribution is 2.30. The molecule has 1 amide bonds. The van der Waals surface area contributed by atoms with Gasteiger partial charge in [-0.1, -0.05) is 24.3 Å². The van der Waals surface area contributed by atoms with Crippen molar-refractivity contribution >= 4 is 27.6 Å². The van der Waals surface area contributed by atoms with Crippen LogP contribution in [0.15, 0.2) is 47.4 Å². The number of carbonyl (C=O) groups is 2. The Morgan fingerprint density at radius 1 is 1.12 bits per heavy atom. The lowest BCUT2D eigenvalue weighted by Gasteiger charge is -2.31. The molecule has 2 aromatic carbocycles. The maximum atomic E-state index is 13.3. The first-order chi connectivity index (χ1) is 16.1. The molecule has 0 bridgehead atoms. The predicted molar refractivity (Wildman–Crippen MR) is 127 cm³/mol. The van der Waals surface area contributed by atoms with E-state index in [9.17, 15) is 23.1 Å². The van der Waals surface area contributed by atoms with E-state index in [1.54, 1.807) is 17.0 Å². The van der Waals surface area contributed by atoms with Gasteiger partial charge in [0.15, 0.2) is 6.10 Å². The van der Waals surface area contributed by atoms with Crippen molar-refractivity contribution in [1.29, 1.82) is 0 Å². The molecule has 9 heteroatoms. The number of benzene rings is 2. The van der Waals surface area contributed by atoms with Crippen molar-refractivity contribution in [2.45, 2.75) is 63.2 Å². The number of ether oxygens (including phenoxy) is 1. The van der Waals surface area contributed by atoms with Crippen LogP contribution in [0.3, 0.4) is 0 Å². The van der Waals surface area contributed by atoms with Crippen LogP contribution in [-0.2, 0) is 30.8 Å². The molecule has 1 saturated heterocycles. The quantitative estimate of drug-likeness (QED) is 0.651. The number of sulfonamides is 1. The average molecular weight is 487 g/mol. The zero-order valence-electron chi connectivity index (χ0n) is 19.6. The number of hydrogen-bond acceptors (Lipinski definition) is 6. The van der Waals surface area contributed by atoms with E-state index in [0.717, 1.165) is 39.5 Å². The van der Waals surface area contributed by atoms with E-state index < -0.39 is 34.2 Å². The molecule has 8 nitrogen and oxygen atoms in total. The Hall–Kier alpha value is -2.75. The Kier molecular flexibility index (Phi) is 6.80. The maximum absolute atomic E-state index is 13.3. The van der Waals surface area contributed by atoms with Gasteiger partial charge in [-0.15, -0.1) is 0 Å². The number of para-hydroxylation sites is 1. The molecule has 2 heterocycles. The number of fused-ring (bicyclic) bond motifs is 1. The fraction of sp³-hybridized carbons (Fsp3) is 0.440. The third kappa shape index (κ3) is 4.60. The summed E-state index contributed by atoms with van der Waals surface area (Å²) in [6.07, 6.45) is -0.503. The number of amides is 1. The summed E-state index contributed by atoms with van der Waals surface area (Å²) in [6.45, 7) is 5.49. The largest absolute Gasteiger partial charge is 0.451 e. The van der Waals surface area contributed by atoms with Crippen LogP contribution in [0, 0.1) is 13.8 Å². The molecule has 3 atom stereocenters. The number of carbonyl (C=O) groups excluding carboxylic acids is 2. The van der Waals surface area contributed by atoms with Crippen LogP contribution in [0.5, 0.6) is 0 Å². The zero-order chi connectivity index (χ0) is 24.6. The van der Waals surface area contributed by atoms with Crippen LogP contribution >= 0.6 is 0 Å². The number of rotatable bonds is 5. The third-order valence-electron chi connectivity index (χ3n) is 6.61. The summed E-state index contributed by atoms with van der Waals surface area (Å²) in [6, 6.07) is 11.2. The normalized spacial score (nSPS) is 21.7. The monoisotopic (exact) mass is 486 g/mol. The van der Waals surface area contributed by atoms with E-state index >= 15 is 0 Å². The molecule has 2 aliphatic heterocycles. The summed E-state index contributed by atoms with van der Waals surface area (Å²) in [5.41, 5.74) is 3.62. The van der Waals surface area contributed by atoms with E-state index in [1.165, 1.54) is 13.0 Å². The SMILES string of the molecule is Cc1ccc(S(=O)(=O)N2CC(O)CC2C(=O)OC(C)C(=O)N2CCCc3ccccc32)cc1C. The molecule has 0 saturated carbocycles. The molecule has 34 heavy (non-hydrogen) atoms. The third-order valence-corrected chi connectivity index (χ3v) is 8.48. The predicted octanol–water partition coefficient (Wildman–Crippen LogP) is 2.34. The molecule has 1 fully saturated rings. The Labute approximate surface area is 200 Å². The van der Waals surface area contributed by atoms with Gasteiger partial charge >= 0.3 is 5.97 Å². The summed E-state index contributed by atoms with van der Waals surface area (Å²) in [4.78, 5) is 27.8. The number of hydrogen-bond donors (Lipinski definition) is 1. The lowest BCUT2D eigenvalue weighted by atomic mass is 10.0. The number of nitrogens with zero attached hydrogens (tertiary/aromatic N) is 2. The molecule has 2 aliphatic rings. The van der Waals surface area contributed by atoms with Gasteiger partial charge in [0, 0.05) is 25.2 Å². The molecular formula is C25H30N2O6S. The van der Waals surface area contributed by atoms with Gasteiger partial charge in [-0.3, -0.25) is 9.59 Å². The molecule has 1 N–H and O–H groups in total. The summed E-state index contributed by atoms with van der Waals surface area (Å²) in [5.74, 6) is -1.20. The first-order valence-corrected chi connectivity index (χ1v) is 12.9. The van der Waals surface area contributed by atoms with Crippen molar-refractivity contribution in [3.8, 4) is 0 Å². The minimum Gasteiger partial charge on any atom is -0.451 e. The van der Waals surface area contributed by atoms with Crippen LogP contribution in [0.25, 0.3) is 0 Å². The molecule has 0 aromatic heterocycles. The van der Waals surface area contributed by atoms with Crippen molar-refractivity contribution in [1.82, 2.24) is 4.31 Å². The van der Waals surface area contributed by atoms with Gasteiger partial charge in [-0.2, -0.15) is 4.31 Å². The highest BCUT2D eigenvalue weighted by Gasteiger charge is 2.45. The minimum absolute atomic E-state index is 0.0524. The van der Waals surface area contributed by atoms with Gasteiger partial charge in [0.25, 0.3) is 5.91 Å². The first-order valence-electron chi connectivity index (χ1n) is 11.5. The number of aliphatic hydroxyl groups is 1. The number of esters is 1. The minimum atomic E-state index is -4.04. The summed E-state index contributed by atoms with van der Waals surface area (Å²) < 4.78 is 33.0. The van der Waals surface area contributed by atoms with Crippen LogP contribution in [-0.4, -0.2) is 61.0 Å². The topological polar surface area (TPSA) is 104 Å². The molecule has 0 aliphatic carbocycles. The van der Waals surface area contributed by atoms with Gasteiger partial charge in [0.05, 0.1) is 11.0 Å². The van der Waals surface area contributed by atoms with Gasteiger partial charge < -0.3 is 14.7 Å². The first kappa shape index (κ1) is 24.4. The Morgan fingerprint density at radius 3 is 2.59 bits per heavy atom. The molecule has 182 valence electrons. The smallest absolute Gasteiger partial charge is 0.325 e. The van der Waals surface area contributed by atoms with Gasteiger partial charge in [-0.05, 0) is 68.5 Å². The molecule has 4 rings (SSSR count). The highest BCUT2D eigenvalue weighted by molar-refractivity contribution is 7.89. The lowest BCUT2D eigenvalue weighted by molar-refractivity contribution is -0.157. The van der Waals surface area contributed by atoms with Gasteiger partial charge in [0.1, 0.15) is 6.04 Å². The summed E-state index contributed by atoms with van der Waals surface area (Å²) in [5, 5.41) is 10.2. The number of β-amino-alcohol motifs (C(OH)–C–C–N with tert-alkyl or cyclic N) is 1. The van der Waals surface area contributed by atoms with Crippen LogP contribution in [0.1, 0.15) is 36.5 Å². The van der Waals surface area contributed by atoms with Gasteiger partial charge in [-0.25, -0.2) is 8.42 Å². The second-order valence-electron chi connectivity index (χ2n) is 9.03. The van der Waals surface area contributed by atoms with Crippen molar-refractivity contribution in [3.05, 3.63) is 59.2 Å². The highest BCUT2D eigenvalue weighted by atomic mass is 32.2. The molecule has 3 unspecified atom stereocenters. The van der Waals surface area contributed by atoms with E-state index in [-0.39, 0.29) is 23.8 Å². The van der Waals surface area contributed by atoms with Crippen LogP contribution in [0.2, 0.25) is 0 Å². The van der Waals surface area contributed by atoms with E-state index in [2.05, 4.69) is 0 Å². The Balaban J connectivity index is 1.51.